The van der Waals surface area contributed by atoms with Crippen molar-refractivity contribution < 1.29 is 24.0 Å². The zero-order valence-corrected chi connectivity index (χ0v) is 16.5. The van der Waals surface area contributed by atoms with Crippen LogP contribution in [0.15, 0.2) is 54.6 Å². The summed E-state index contributed by atoms with van der Waals surface area (Å²) in [6, 6.07) is 16.0. The molecule has 1 aliphatic heterocycles. The molecular formula is C22H26N3O4+. The molecule has 2 aromatic carbocycles. The number of para-hydroxylation sites is 1. The lowest BCUT2D eigenvalue weighted by Gasteiger charge is -2.32. The van der Waals surface area contributed by atoms with Crippen molar-refractivity contribution in [3.05, 3.63) is 65.7 Å². The number of ether oxygens (including phenoxy) is 1. The molecule has 7 heteroatoms. The molecule has 1 fully saturated rings. The largest absolute Gasteiger partial charge is 0.462 e. The Morgan fingerprint density at radius 1 is 1.00 bits per heavy atom. The maximum Gasteiger partial charge on any atom is 0.340 e. The van der Waals surface area contributed by atoms with Crippen LogP contribution in [0.4, 0.5) is 5.69 Å². The number of quaternary nitrogens is 1. The van der Waals surface area contributed by atoms with E-state index < -0.39 is 5.97 Å². The average Bonchev–Trinajstić information content (AvgIpc) is 2.75. The minimum atomic E-state index is -0.455. The summed E-state index contributed by atoms with van der Waals surface area (Å²) in [5.74, 6) is -0.596. The Hall–Kier alpha value is -3.19. The van der Waals surface area contributed by atoms with Gasteiger partial charge in [0.2, 0.25) is 0 Å². The summed E-state index contributed by atoms with van der Waals surface area (Å²) in [5, 5.41) is 2.82. The topological polar surface area (TPSA) is 80.2 Å². The highest BCUT2D eigenvalue weighted by Crippen LogP contribution is 2.16. The second kappa shape index (κ2) is 9.84. The van der Waals surface area contributed by atoms with Gasteiger partial charge in [0.25, 0.3) is 11.8 Å². The fourth-order valence-corrected chi connectivity index (χ4v) is 3.37. The summed E-state index contributed by atoms with van der Waals surface area (Å²) in [4.78, 5) is 40.0. The molecule has 1 saturated heterocycles. The molecule has 2 amide bonds. The summed E-state index contributed by atoms with van der Waals surface area (Å²) < 4.78 is 5.04. The fraction of sp³-hybridized carbons (Fsp3) is 0.318. The monoisotopic (exact) mass is 396 g/mol. The third kappa shape index (κ3) is 5.42. The number of piperazine rings is 1. The first-order valence-corrected chi connectivity index (χ1v) is 9.82. The number of rotatable bonds is 6. The van der Waals surface area contributed by atoms with Gasteiger partial charge in [-0.15, -0.1) is 0 Å². The van der Waals surface area contributed by atoms with Gasteiger partial charge in [-0.3, -0.25) is 9.59 Å². The second-order valence-corrected chi connectivity index (χ2v) is 6.90. The van der Waals surface area contributed by atoms with E-state index in [0.29, 0.717) is 43.0 Å². The SMILES string of the molecule is CCOC(=O)c1ccccc1NC(=O)C[NH+]1CCN(C(=O)c2ccccc2)CC1. The molecular weight excluding hydrogens is 370 g/mol. The zero-order valence-electron chi connectivity index (χ0n) is 16.5. The van der Waals surface area contributed by atoms with E-state index >= 15 is 0 Å². The number of esters is 1. The lowest BCUT2D eigenvalue weighted by Crippen LogP contribution is -3.15. The van der Waals surface area contributed by atoms with Crippen molar-refractivity contribution in [2.75, 3.05) is 44.6 Å². The molecule has 1 heterocycles. The fourth-order valence-electron chi connectivity index (χ4n) is 3.37. The number of benzene rings is 2. The minimum Gasteiger partial charge on any atom is -0.462 e. The van der Waals surface area contributed by atoms with Crippen LogP contribution < -0.4 is 10.2 Å². The smallest absolute Gasteiger partial charge is 0.340 e. The van der Waals surface area contributed by atoms with Crippen molar-refractivity contribution >= 4 is 23.5 Å². The third-order valence-corrected chi connectivity index (χ3v) is 4.89. The molecule has 0 aromatic heterocycles. The molecule has 152 valence electrons. The van der Waals surface area contributed by atoms with Crippen LogP contribution in [0.5, 0.6) is 0 Å². The van der Waals surface area contributed by atoms with Crippen LogP contribution in [-0.2, 0) is 9.53 Å². The highest BCUT2D eigenvalue weighted by Gasteiger charge is 2.26. The van der Waals surface area contributed by atoms with E-state index in [-0.39, 0.29) is 25.0 Å². The van der Waals surface area contributed by atoms with Gasteiger partial charge in [0.15, 0.2) is 6.54 Å². The Bertz CT molecular complexity index is 861. The number of carbonyl (C=O) groups excluding carboxylic acids is 3. The molecule has 2 aromatic rings. The summed E-state index contributed by atoms with van der Waals surface area (Å²) in [5.41, 5.74) is 1.48. The molecule has 0 atom stereocenters. The lowest BCUT2D eigenvalue weighted by atomic mass is 10.1. The van der Waals surface area contributed by atoms with Gasteiger partial charge >= 0.3 is 5.97 Å². The van der Waals surface area contributed by atoms with Crippen molar-refractivity contribution in [2.45, 2.75) is 6.92 Å². The van der Waals surface area contributed by atoms with E-state index in [2.05, 4.69) is 5.32 Å². The molecule has 0 unspecified atom stereocenters. The Morgan fingerprint density at radius 2 is 1.66 bits per heavy atom. The maximum atomic E-state index is 12.5. The standard InChI is InChI=1S/C22H25N3O4/c1-2-29-22(28)18-10-6-7-11-19(18)23-20(26)16-24-12-14-25(15-13-24)21(27)17-8-4-3-5-9-17/h3-11H,2,12-16H2,1H3,(H,23,26)/p+1. The van der Waals surface area contributed by atoms with Crippen molar-refractivity contribution in [1.29, 1.82) is 0 Å². The van der Waals surface area contributed by atoms with Crippen LogP contribution in [-0.4, -0.2) is 62.0 Å². The summed E-state index contributed by atoms with van der Waals surface area (Å²) in [6.07, 6.45) is 0. The Kier molecular flexibility index (Phi) is 6.97. The molecule has 2 N–H and O–H groups in total. The Morgan fingerprint density at radius 3 is 2.34 bits per heavy atom. The van der Waals surface area contributed by atoms with Gasteiger partial charge in [0.1, 0.15) is 0 Å². The first kappa shape index (κ1) is 20.5. The molecule has 1 aliphatic rings. The first-order valence-electron chi connectivity index (χ1n) is 9.82. The van der Waals surface area contributed by atoms with Gasteiger partial charge in [-0.2, -0.15) is 0 Å². The number of nitrogens with one attached hydrogen (secondary N) is 2. The number of carbonyl (C=O) groups is 3. The van der Waals surface area contributed by atoms with Gasteiger partial charge in [0, 0.05) is 5.56 Å². The van der Waals surface area contributed by atoms with Crippen molar-refractivity contribution in [3.63, 3.8) is 0 Å². The summed E-state index contributed by atoms with van der Waals surface area (Å²) in [6.45, 7) is 4.91. The van der Waals surface area contributed by atoms with Crippen LogP contribution in [0.2, 0.25) is 0 Å². The van der Waals surface area contributed by atoms with Crippen LogP contribution in [0.3, 0.4) is 0 Å². The van der Waals surface area contributed by atoms with Crippen LogP contribution >= 0.6 is 0 Å². The second-order valence-electron chi connectivity index (χ2n) is 6.90. The Balaban J connectivity index is 1.52. The van der Waals surface area contributed by atoms with E-state index in [4.69, 9.17) is 4.74 Å². The van der Waals surface area contributed by atoms with Crippen LogP contribution in [0.25, 0.3) is 0 Å². The predicted octanol–water partition coefficient (Wildman–Crippen LogP) is 0.843. The third-order valence-electron chi connectivity index (χ3n) is 4.89. The number of hydrogen-bond acceptors (Lipinski definition) is 4. The average molecular weight is 396 g/mol. The zero-order chi connectivity index (χ0) is 20.6. The highest BCUT2D eigenvalue weighted by atomic mass is 16.5. The predicted molar refractivity (Wildman–Crippen MR) is 109 cm³/mol. The van der Waals surface area contributed by atoms with Crippen molar-refractivity contribution in [3.8, 4) is 0 Å². The minimum absolute atomic E-state index is 0.0254. The number of anilines is 1. The highest BCUT2D eigenvalue weighted by molar-refractivity contribution is 6.01. The summed E-state index contributed by atoms with van der Waals surface area (Å²) >= 11 is 0. The van der Waals surface area contributed by atoms with E-state index in [9.17, 15) is 14.4 Å². The van der Waals surface area contributed by atoms with E-state index in [1.165, 1.54) is 0 Å². The molecule has 0 saturated carbocycles. The van der Waals surface area contributed by atoms with Gasteiger partial charge in [0.05, 0.1) is 44.0 Å². The van der Waals surface area contributed by atoms with Crippen LogP contribution in [0, 0.1) is 0 Å². The van der Waals surface area contributed by atoms with E-state index in [1.54, 1.807) is 31.2 Å². The maximum absolute atomic E-state index is 12.5. The number of hydrogen-bond donors (Lipinski definition) is 2. The molecule has 0 radical (unpaired) electrons. The lowest BCUT2D eigenvalue weighted by molar-refractivity contribution is -0.895. The summed E-state index contributed by atoms with van der Waals surface area (Å²) in [7, 11) is 0. The molecule has 7 nitrogen and oxygen atoms in total. The van der Waals surface area contributed by atoms with Gasteiger partial charge < -0.3 is 19.9 Å². The van der Waals surface area contributed by atoms with E-state index in [0.717, 1.165) is 4.90 Å². The number of nitrogens with zero attached hydrogens (tertiary/aromatic N) is 1. The molecule has 29 heavy (non-hydrogen) atoms. The van der Waals surface area contributed by atoms with Crippen molar-refractivity contribution in [1.82, 2.24) is 4.90 Å². The number of amides is 2. The van der Waals surface area contributed by atoms with Gasteiger partial charge in [-0.05, 0) is 31.2 Å². The molecule has 0 spiro atoms. The normalized spacial score (nSPS) is 14.3. The molecule has 0 aliphatic carbocycles. The van der Waals surface area contributed by atoms with Gasteiger partial charge in [-0.1, -0.05) is 30.3 Å². The quantitative estimate of drug-likeness (QED) is 0.710. The van der Waals surface area contributed by atoms with E-state index in [1.807, 2.05) is 35.2 Å². The first-order chi connectivity index (χ1) is 14.1. The van der Waals surface area contributed by atoms with Gasteiger partial charge in [-0.25, -0.2) is 4.79 Å². The molecule has 0 bridgehead atoms. The van der Waals surface area contributed by atoms with Crippen molar-refractivity contribution in [2.24, 2.45) is 0 Å². The molecule has 3 rings (SSSR count). The van der Waals surface area contributed by atoms with Crippen LogP contribution in [0.1, 0.15) is 27.6 Å². The Labute approximate surface area is 170 Å².